The first-order valence-corrected chi connectivity index (χ1v) is 10.2. The zero-order valence-corrected chi connectivity index (χ0v) is 16.5. The highest BCUT2D eigenvalue weighted by molar-refractivity contribution is 5.84. The summed E-state index contributed by atoms with van der Waals surface area (Å²) in [6.45, 7) is 7.78. The molecule has 0 unspecified atom stereocenters. The maximum atomic E-state index is 12.3. The molecule has 2 aliphatic rings. The molecule has 6 heteroatoms. The van der Waals surface area contributed by atoms with Crippen LogP contribution in [-0.2, 0) is 19.1 Å². The van der Waals surface area contributed by atoms with Gasteiger partial charge in [0.25, 0.3) is 0 Å². The van der Waals surface area contributed by atoms with Crippen LogP contribution in [-0.4, -0.2) is 48.4 Å². The molecule has 1 N–H and O–H groups in total. The van der Waals surface area contributed by atoms with Gasteiger partial charge in [0.05, 0.1) is 12.5 Å². The Balaban J connectivity index is 1.68. The van der Waals surface area contributed by atoms with Crippen molar-refractivity contribution in [1.29, 1.82) is 0 Å². The predicted octanol–water partition coefficient (Wildman–Crippen LogP) is 2.51. The number of amides is 2. The van der Waals surface area contributed by atoms with E-state index in [1.807, 2.05) is 0 Å². The summed E-state index contributed by atoms with van der Waals surface area (Å²) < 4.78 is 5.05. The lowest BCUT2D eigenvalue weighted by atomic mass is 9.78. The Labute approximate surface area is 157 Å². The van der Waals surface area contributed by atoms with Gasteiger partial charge in [-0.3, -0.25) is 14.4 Å². The van der Waals surface area contributed by atoms with Crippen LogP contribution in [0, 0.1) is 17.8 Å². The lowest BCUT2D eigenvalue weighted by Gasteiger charge is -2.34. The molecule has 0 aromatic rings. The van der Waals surface area contributed by atoms with Gasteiger partial charge in [0, 0.05) is 32.0 Å². The first kappa shape index (κ1) is 20.7. The summed E-state index contributed by atoms with van der Waals surface area (Å²) in [6, 6.07) is 0.238. The molecular weight excluding hydrogens is 332 g/mol. The van der Waals surface area contributed by atoms with Crippen molar-refractivity contribution in [2.45, 2.75) is 71.8 Å². The summed E-state index contributed by atoms with van der Waals surface area (Å²) in [7, 11) is 0. The molecule has 1 saturated carbocycles. The quantitative estimate of drug-likeness (QED) is 0.733. The van der Waals surface area contributed by atoms with Gasteiger partial charge in [0.1, 0.15) is 0 Å². The summed E-state index contributed by atoms with van der Waals surface area (Å²) in [6.07, 6.45) is 5.20. The molecular formula is C20H34N2O4. The fraction of sp³-hybridized carbons (Fsp3) is 0.850. The molecule has 0 radical (unpaired) electrons. The Morgan fingerprint density at radius 3 is 2.38 bits per heavy atom. The SMILES string of the molecule is CCOC(=O)C1CCN(C(=O)CCC(=O)N[C@@H]2CCC[C@H](C)[C@H]2C)CC1. The van der Waals surface area contributed by atoms with Crippen molar-refractivity contribution in [3.05, 3.63) is 0 Å². The summed E-state index contributed by atoms with van der Waals surface area (Å²) in [4.78, 5) is 38.1. The fourth-order valence-electron chi connectivity index (χ4n) is 4.07. The average Bonchev–Trinajstić information content (AvgIpc) is 2.64. The van der Waals surface area contributed by atoms with E-state index in [1.54, 1.807) is 11.8 Å². The van der Waals surface area contributed by atoms with Gasteiger partial charge in [-0.1, -0.05) is 26.7 Å². The van der Waals surface area contributed by atoms with Crippen LogP contribution in [0.2, 0.25) is 0 Å². The van der Waals surface area contributed by atoms with Gasteiger partial charge in [-0.05, 0) is 38.0 Å². The van der Waals surface area contributed by atoms with Gasteiger partial charge in [-0.25, -0.2) is 0 Å². The molecule has 148 valence electrons. The van der Waals surface area contributed by atoms with Crippen LogP contribution in [0.15, 0.2) is 0 Å². The molecule has 0 aromatic carbocycles. The van der Waals surface area contributed by atoms with E-state index >= 15 is 0 Å². The van der Waals surface area contributed by atoms with Gasteiger partial charge in [-0.2, -0.15) is 0 Å². The Bertz CT molecular complexity index is 500. The van der Waals surface area contributed by atoms with Gasteiger partial charge < -0.3 is 15.0 Å². The second kappa shape index (κ2) is 9.93. The minimum Gasteiger partial charge on any atom is -0.466 e. The molecule has 0 aromatic heterocycles. The molecule has 1 saturated heterocycles. The normalized spacial score (nSPS) is 27.0. The molecule has 6 nitrogen and oxygen atoms in total. The first-order chi connectivity index (χ1) is 12.4. The number of nitrogens with zero attached hydrogens (tertiary/aromatic N) is 1. The highest BCUT2D eigenvalue weighted by Crippen LogP contribution is 2.29. The number of hydrogen-bond donors (Lipinski definition) is 1. The van der Waals surface area contributed by atoms with Gasteiger partial charge >= 0.3 is 5.97 Å². The van der Waals surface area contributed by atoms with E-state index < -0.39 is 0 Å². The minimum absolute atomic E-state index is 0.00696. The van der Waals surface area contributed by atoms with Gasteiger partial charge in [-0.15, -0.1) is 0 Å². The third-order valence-electron chi connectivity index (χ3n) is 6.09. The second-order valence-corrected chi connectivity index (χ2v) is 7.85. The zero-order chi connectivity index (χ0) is 19.1. The largest absolute Gasteiger partial charge is 0.466 e. The van der Waals surface area contributed by atoms with Crippen molar-refractivity contribution in [3.8, 4) is 0 Å². The Morgan fingerprint density at radius 2 is 1.73 bits per heavy atom. The molecule has 3 atom stereocenters. The van der Waals surface area contributed by atoms with Crippen molar-refractivity contribution in [1.82, 2.24) is 10.2 Å². The predicted molar refractivity (Wildman–Crippen MR) is 99.3 cm³/mol. The molecule has 2 fully saturated rings. The van der Waals surface area contributed by atoms with Gasteiger partial charge in [0.15, 0.2) is 0 Å². The molecule has 0 spiro atoms. The molecule has 2 amide bonds. The number of piperidine rings is 1. The summed E-state index contributed by atoms with van der Waals surface area (Å²) >= 11 is 0. The smallest absolute Gasteiger partial charge is 0.309 e. The summed E-state index contributed by atoms with van der Waals surface area (Å²) in [5, 5.41) is 3.12. The molecule has 0 bridgehead atoms. The van der Waals surface area contributed by atoms with Crippen molar-refractivity contribution < 1.29 is 19.1 Å². The Kier molecular flexibility index (Phi) is 7.91. The lowest BCUT2D eigenvalue weighted by molar-refractivity contribution is -0.151. The topological polar surface area (TPSA) is 75.7 Å². The Morgan fingerprint density at radius 1 is 1.04 bits per heavy atom. The lowest BCUT2D eigenvalue weighted by Crippen LogP contribution is -2.44. The average molecular weight is 367 g/mol. The summed E-state index contributed by atoms with van der Waals surface area (Å²) in [5.41, 5.74) is 0. The third-order valence-corrected chi connectivity index (χ3v) is 6.09. The monoisotopic (exact) mass is 366 g/mol. The zero-order valence-electron chi connectivity index (χ0n) is 16.5. The van der Waals surface area contributed by atoms with Crippen LogP contribution >= 0.6 is 0 Å². The first-order valence-electron chi connectivity index (χ1n) is 10.2. The van der Waals surface area contributed by atoms with Crippen molar-refractivity contribution in [3.63, 3.8) is 0 Å². The van der Waals surface area contributed by atoms with E-state index in [1.165, 1.54) is 6.42 Å². The van der Waals surface area contributed by atoms with Crippen LogP contribution in [0.4, 0.5) is 0 Å². The standard InChI is InChI=1S/C20H34N2O4/c1-4-26-20(25)16-10-12-22(13-11-16)19(24)9-8-18(23)21-17-7-5-6-14(2)15(17)3/h14-17H,4-13H2,1-3H3,(H,21,23)/t14-,15+,17+/m0/s1. The van der Waals surface area contributed by atoms with E-state index in [9.17, 15) is 14.4 Å². The van der Waals surface area contributed by atoms with E-state index in [0.717, 1.165) is 12.8 Å². The molecule has 2 rings (SSSR count). The van der Waals surface area contributed by atoms with E-state index in [-0.39, 0.29) is 42.6 Å². The van der Waals surface area contributed by atoms with Crippen LogP contribution in [0.25, 0.3) is 0 Å². The van der Waals surface area contributed by atoms with Crippen molar-refractivity contribution >= 4 is 17.8 Å². The molecule has 1 aliphatic heterocycles. The number of nitrogens with one attached hydrogen (secondary N) is 1. The molecule has 26 heavy (non-hydrogen) atoms. The maximum absolute atomic E-state index is 12.3. The maximum Gasteiger partial charge on any atom is 0.309 e. The number of carbonyl (C=O) groups excluding carboxylic acids is 3. The number of ether oxygens (including phenoxy) is 1. The number of likely N-dealkylation sites (tertiary alicyclic amines) is 1. The van der Waals surface area contributed by atoms with E-state index in [2.05, 4.69) is 19.2 Å². The highest BCUT2D eigenvalue weighted by atomic mass is 16.5. The highest BCUT2D eigenvalue weighted by Gasteiger charge is 2.30. The van der Waals surface area contributed by atoms with Crippen LogP contribution < -0.4 is 5.32 Å². The van der Waals surface area contributed by atoms with Crippen LogP contribution in [0.5, 0.6) is 0 Å². The summed E-state index contributed by atoms with van der Waals surface area (Å²) in [5.74, 6) is 0.854. The number of carbonyl (C=O) groups is 3. The van der Waals surface area contributed by atoms with Crippen molar-refractivity contribution in [2.24, 2.45) is 17.8 Å². The Hall–Kier alpha value is -1.59. The number of rotatable bonds is 6. The van der Waals surface area contributed by atoms with E-state index in [4.69, 9.17) is 4.74 Å². The fourth-order valence-corrected chi connectivity index (χ4v) is 4.07. The third kappa shape index (κ3) is 5.71. The molecule has 1 aliphatic carbocycles. The minimum atomic E-state index is -0.158. The van der Waals surface area contributed by atoms with Crippen LogP contribution in [0.1, 0.15) is 65.7 Å². The second-order valence-electron chi connectivity index (χ2n) is 7.85. The number of hydrogen-bond acceptors (Lipinski definition) is 4. The number of esters is 1. The van der Waals surface area contributed by atoms with Crippen molar-refractivity contribution in [2.75, 3.05) is 19.7 Å². The van der Waals surface area contributed by atoms with E-state index in [0.29, 0.717) is 44.4 Å². The molecule has 1 heterocycles. The van der Waals surface area contributed by atoms with Crippen LogP contribution in [0.3, 0.4) is 0 Å². The van der Waals surface area contributed by atoms with Gasteiger partial charge in [0.2, 0.25) is 11.8 Å².